The van der Waals surface area contributed by atoms with Gasteiger partial charge in [0.1, 0.15) is 0 Å². The van der Waals surface area contributed by atoms with Crippen molar-refractivity contribution >= 4 is 11.3 Å². The first-order chi connectivity index (χ1) is 8.31. The van der Waals surface area contributed by atoms with Gasteiger partial charge < -0.3 is 5.32 Å². The number of rotatable bonds is 6. The smallest absolute Gasteiger partial charge is 0.0940 e. The zero-order valence-corrected chi connectivity index (χ0v) is 11.8. The van der Waals surface area contributed by atoms with Gasteiger partial charge >= 0.3 is 0 Å². The average molecular weight is 252 g/mol. The maximum absolute atomic E-state index is 4.44. The molecule has 0 spiro atoms. The van der Waals surface area contributed by atoms with Gasteiger partial charge in [0, 0.05) is 24.0 Å². The average Bonchev–Trinajstić information content (AvgIpc) is 2.95. The molecule has 1 N–H and O–H groups in total. The summed E-state index contributed by atoms with van der Waals surface area (Å²) in [5, 5.41) is 7.12. The molecule has 1 heterocycles. The highest BCUT2D eigenvalue weighted by molar-refractivity contribution is 7.09. The molecular formula is C14H24N2S. The molecule has 2 nitrogen and oxygen atoms in total. The summed E-state index contributed by atoms with van der Waals surface area (Å²) >= 11 is 1.79. The van der Waals surface area contributed by atoms with Crippen molar-refractivity contribution in [2.24, 2.45) is 11.8 Å². The van der Waals surface area contributed by atoms with Crippen molar-refractivity contribution in [1.82, 2.24) is 10.3 Å². The SMILES string of the molecule is CCCNC(Cc1nccs1)C1CCCC1C. The number of aromatic nitrogens is 1. The second kappa shape index (κ2) is 6.50. The standard InChI is InChI=1S/C14H24N2S/c1-3-7-15-13(10-14-16-8-9-17-14)12-6-4-5-11(12)2/h8-9,11-13,15H,3-7,10H2,1-2H3. The summed E-state index contributed by atoms with van der Waals surface area (Å²) in [4.78, 5) is 4.44. The van der Waals surface area contributed by atoms with E-state index in [-0.39, 0.29) is 0 Å². The van der Waals surface area contributed by atoms with Gasteiger partial charge in [0.2, 0.25) is 0 Å². The van der Waals surface area contributed by atoms with Crippen LogP contribution in [0.3, 0.4) is 0 Å². The van der Waals surface area contributed by atoms with Gasteiger partial charge in [-0.15, -0.1) is 11.3 Å². The first-order valence-electron chi connectivity index (χ1n) is 6.93. The molecule has 0 aromatic carbocycles. The van der Waals surface area contributed by atoms with Crippen molar-refractivity contribution < 1.29 is 0 Å². The Morgan fingerprint density at radius 3 is 3.00 bits per heavy atom. The summed E-state index contributed by atoms with van der Waals surface area (Å²) in [5.74, 6) is 1.73. The van der Waals surface area contributed by atoms with Crippen LogP contribution in [0.5, 0.6) is 0 Å². The normalized spacial score (nSPS) is 26.2. The molecule has 3 heteroatoms. The third-order valence-electron chi connectivity index (χ3n) is 3.98. The number of hydrogen-bond acceptors (Lipinski definition) is 3. The zero-order chi connectivity index (χ0) is 12.1. The van der Waals surface area contributed by atoms with E-state index in [1.165, 1.54) is 30.7 Å². The van der Waals surface area contributed by atoms with Gasteiger partial charge in [-0.25, -0.2) is 4.98 Å². The number of hydrogen-bond donors (Lipinski definition) is 1. The predicted octanol–water partition coefficient (Wildman–Crippen LogP) is 3.49. The quantitative estimate of drug-likeness (QED) is 0.838. The first kappa shape index (κ1) is 13.0. The molecule has 0 amide bonds. The Kier molecular flexibility index (Phi) is 4.99. The highest BCUT2D eigenvalue weighted by Crippen LogP contribution is 2.34. The summed E-state index contributed by atoms with van der Waals surface area (Å²) in [6.07, 6.45) is 8.48. The summed E-state index contributed by atoms with van der Waals surface area (Å²) in [5.41, 5.74) is 0. The van der Waals surface area contributed by atoms with Gasteiger partial charge in [0.15, 0.2) is 0 Å². The van der Waals surface area contributed by atoms with Gasteiger partial charge in [-0.3, -0.25) is 0 Å². The lowest BCUT2D eigenvalue weighted by Crippen LogP contribution is -2.39. The number of nitrogens with zero attached hydrogens (tertiary/aromatic N) is 1. The molecule has 2 rings (SSSR count). The van der Waals surface area contributed by atoms with Crippen LogP contribution in [0.2, 0.25) is 0 Å². The molecule has 1 aromatic rings. The van der Waals surface area contributed by atoms with E-state index >= 15 is 0 Å². The molecule has 1 fully saturated rings. The van der Waals surface area contributed by atoms with E-state index in [9.17, 15) is 0 Å². The minimum atomic E-state index is 0.638. The lowest BCUT2D eigenvalue weighted by molar-refractivity contribution is 0.295. The van der Waals surface area contributed by atoms with Gasteiger partial charge in [-0.05, 0) is 31.2 Å². The maximum Gasteiger partial charge on any atom is 0.0940 e. The number of nitrogens with one attached hydrogen (secondary N) is 1. The first-order valence-corrected chi connectivity index (χ1v) is 7.81. The fourth-order valence-corrected chi connectivity index (χ4v) is 3.69. The highest BCUT2D eigenvalue weighted by Gasteiger charge is 2.30. The predicted molar refractivity (Wildman–Crippen MR) is 74.4 cm³/mol. The molecule has 1 aliphatic carbocycles. The largest absolute Gasteiger partial charge is 0.313 e. The summed E-state index contributed by atoms with van der Waals surface area (Å²) in [7, 11) is 0. The molecule has 0 aliphatic heterocycles. The molecule has 0 bridgehead atoms. The molecule has 1 aliphatic rings. The molecule has 3 atom stereocenters. The summed E-state index contributed by atoms with van der Waals surface area (Å²) in [6, 6.07) is 0.638. The molecular weight excluding hydrogens is 228 g/mol. The Bertz CT molecular complexity index is 310. The molecule has 3 unspecified atom stereocenters. The van der Waals surface area contributed by atoms with E-state index in [0.717, 1.165) is 24.8 Å². The van der Waals surface area contributed by atoms with E-state index in [1.807, 2.05) is 6.20 Å². The van der Waals surface area contributed by atoms with Crippen LogP contribution < -0.4 is 5.32 Å². The van der Waals surface area contributed by atoms with Crippen LogP contribution >= 0.6 is 11.3 Å². The lowest BCUT2D eigenvalue weighted by Gasteiger charge is -2.27. The minimum Gasteiger partial charge on any atom is -0.313 e. The van der Waals surface area contributed by atoms with Crippen molar-refractivity contribution in [3.63, 3.8) is 0 Å². The van der Waals surface area contributed by atoms with Crippen molar-refractivity contribution in [1.29, 1.82) is 0 Å². The summed E-state index contributed by atoms with van der Waals surface area (Å²) in [6.45, 7) is 5.80. The third kappa shape index (κ3) is 3.52. The van der Waals surface area contributed by atoms with Crippen LogP contribution in [0.15, 0.2) is 11.6 Å². The van der Waals surface area contributed by atoms with Crippen LogP contribution in [0.1, 0.15) is 44.5 Å². The van der Waals surface area contributed by atoms with Crippen molar-refractivity contribution in [3.05, 3.63) is 16.6 Å². The molecule has 1 aromatic heterocycles. The van der Waals surface area contributed by atoms with E-state index < -0.39 is 0 Å². The zero-order valence-electron chi connectivity index (χ0n) is 11.0. The van der Waals surface area contributed by atoms with Crippen LogP contribution in [0.25, 0.3) is 0 Å². The van der Waals surface area contributed by atoms with Crippen LogP contribution in [-0.2, 0) is 6.42 Å². The van der Waals surface area contributed by atoms with E-state index in [2.05, 4.69) is 29.5 Å². The Balaban J connectivity index is 1.97. The Morgan fingerprint density at radius 1 is 1.53 bits per heavy atom. The maximum atomic E-state index is 4.44. The molecule has 96 valence electrons. The second-order valence-corrected chi connectivity index (χ2v) is 6.24. The summed E-state index contributed by atoms with van der Waals surface area (Å²) < 4.78 is 0. The van der Waals surface area contributed by atoms with Crippen LogP contribution in [-0.4, -0.2) is 17.6 Å². The lowest BCUT2D eigenvalue weighted by atomic mass is 9.88. The topological polar surface area (TPSA) is 24.9 Å². The highest BCUT2D eigenvalue weighted by atomic mass is 32.1. The Labute approximate surface area is 109 Å². The van der Waals surface area contributed by atoms with Gasteiger partial charge in [0.25, 0.3) is 0 Å². The Morgan fingerprint density at radius 2 is 2.41 bits per heavy atom. The molecule has 0 saturated heterocycles. The van der Waals surface area contributed by atoms with Gasteiger partial charge in [-0.2, -0.15) is 0 Å². The molecule has 1 saturated carbocycles. The Hall–Kier alpha value is -0.410. The van der Waals surface area contributed by atoms with E-state index in [4.69, 9.17) is 0 Å². The fourth-order valence-electron chi connectivity index (χ4n) is 3.02. The minimum absolute atomic E-state index is 0.638. The van der Waals surface area contributed by atoms with Crippen molar-refractivity contribution in [2.75, 3.05) is 6.54 Å². The van der Waals surface area contributed by atoms with Crippen LogP contribution in [0, 0.1) is 11.8 Å². The van der Waals surface area contributed by atoms with E-state index in [0.29, 0.717) is 6.04 Å². The molecule has 0 radical (unpaired) electrons. The van der Waals surface area contributed by atoms with Crippen molar-refractivity contribution in [3.8, 4) is 0 Å². The fraction of sp³-hybridized carbons (Fsp3) is 0.786. The monoisotopic (exact) mass is 252 g/mol. The van der Waals surface area contributed by atoms with Crippen molar-refractivity contribution in [2.45, 2.75) is 52.0 Å². The number of thiazole rings is 1. The second-order valence-electron chi connectivity index (χ2n) is 5.26. The van der Waals surface area contributed by atoms with Gasteiger partial charge in [0.05, 0.1) is 5.01 Å². The van der Waals surface area contributed by atoms with Crippen LogP contribution in [0.4, 0.5) is 0 Å². The van der Waals surface area contributed by atoms with E-state index in [1.54, 1.807) is 11.3 Å². The van der Waals surface area contributed by atoms with Gasteiger partial charge in [-0.1, -0.05) is 26.7 Å². The molecule has 17 heavy (non-hydrogen) atoms. The third-order valence-corrected chi connectivity index (χ3v) is 4.78.